The average Bonchev–Trinajstić information content (AvgIpc) is 2.76. The molecule has 0 radical (unpaired) electrons. The van der Waals surface area contributed by atoms with E-state index in [-0.39, 0.29) is 0 Å². The Morgan fingerprint density at radius 2 is 2.22 bits per heavy atom. The highest BCUT2D eigenvalue weighted by Crippen LogP contribution is 2.35. The van der Waals surface area contributed by atoms with Crippen molar-refractivity contribution in [3.63, 3.8) is 0 Å². The van der Waals surface area contributed by atoms with Crippen LogP contribution in [0.3, 0.4) is 0 Å². The molecular formula is C13H20N2O2S. The van der Waals surface area contributed by atoms with Gasteiger partial charge in [0.2, 0.25) is 0 Å². The molecule has 0 atom stereocenters. The summed E-state index contributed by atoms with van der Waals surface area (Å²) in [6.45, 7) is 6.67. The van der Waals surface area contributed by atoms with Gasteiger partial charge in [0.15, 0.2) is 0 Å². The summed E-state index contributed by atoms with van der Waals surface area (Å²) in [5.41, 5.74) is 2.49. The number of aryl methyl sites for hydroxylation is 1. The number of piperidine rings is 1. The highest BCUT2D eigenvalue weighted by atomic mass is 32.1. The molecule has 1 saturated heterocycles. The molecule has 100 valence electrons. The van der Waals surface area contributed by atoms with Crippen LogP contribution in [-0.4, -0.2) is 34.0 Å². The molecule has 18 heavy (non-hydrogen) atoms. The number of aromatic nitrogens is 1. The minimum absolute atomic E-state index is 0.487. The smallest absolute Gasteiger partial charge is 0.309 e. The molecule has 0 aliphatic carbocycles. The normalized spacial score (nSPS) is 19.9. The second-order valence-corrected chi connectivity index (χ2v) is 6.02. The maximum atomic E-state index is 11.4. The molecule has 0 bridgehead atoms. The molecule has 1 N–H and O–H groups in total. The van der Waals surface area contributed by atoms with Crippen LogP contribution in [0.5, 0.6) is 0 Å². The van der Waals surface area contributed by atoms with Gasteiger partial charge in [0.1, 0.15) is 0 Å². The third-order valence-corrected chi connectivity index (χ3v) is 5.08. The van der Waals surface area contributed by atoms with E-state index in [2.05, 4.69) is 9.88 Å². The summed E-state index contributed by atoms with van der Waals surface area (Å²) in [5, 5.41) is 9.35. The van der Waals surface area contributed by atoms with Gasteiger partial charge in [-0.3, -0.25) is 9.69 Å². The first-order valence-corrected chi connectivity index (χ1v) is 7.30. The molecule has 1 aliphatic heterocycles. The van der Waals surface area contributed by atoms with Gasteiger partial charge < -0.3 is 5.11 Å². The van der Waals surface area contributed by atoms with Gasteiger partial charge in [-0.05, 0) is 39.3 Å². The van der Waals surface area contributed by atoms with Crippen LogP contribution < -0.4 is 0 Å². The summed E-state index contributed by atoms with van der Waals surface area (Å²) in [7, 11) is 0. The second kappa shape index (κ2) is 5.36. The lowest BCUT2D eigenvalue weighted by atomic mass is 9.76. The fourth-order valence-electron chi connectivity index (χ4n) is 2.54. The van der Waals surface area contributed by atoms with Crippen molar-refractivity contribution < 1.29 is 9.90 Å². The number of hydrogen-bond donors (Lipinski definition) is 1. The van der Waals surface area contributed by atoms with E-state index in [0.29, 0.717) is 0 Å². The van der Waals surface area contributed by atoms with Crippen molar-refractivity contribution in [2.75, 3.05) is 13.1 Å². The Balaban J connectivity index is 1.94. The minimum atomic E-state index is -0.626. The first kappa shape index (κ1) is 13.5. The van der Waals surface area contributed by atoms with E-state index in [9.17, 15) is 9.90 Å². The fraction of sp³-hybridized carbons (Fsp3) is 0.692. The lowest BCUT2D eigenvalue weighted by molar-refractivity contribution is -0.152. The Hall–Kier alpha value is -0.940. The van der Waals surface area contributed by atoms with Crippen molar-refractivity contribution >= 4 is 17.3 Å². The lowest BCUT2D eigenvalue weighted by Crippen LogP contribution is -2.43. The summed E-state index contributed by atoms with van der Waals surface area (Å²) < 4.78 is 0. The standard InChI is InChI=1S/C13H20N2O2S/c1-3-13(12(16)17)4-6-15(7-5-13)8-11-10(2)14-9-18-11/h9H,3-8H2,1-2H3,(H,16,17). The SMILES string of the molecule is CCC1(C(=O)O)CCN(Cc2scnc2C)CC1. The average molecular weight is 268 g/mol. The molecule has 0 saturated carbocycles. The molecule has 4 nitrogen and oxygen atoms in total. The van der Waals surface area contributed by atoms with Crippen molar-refractivity contribution in [2.24, 2.45) is 5.41 Å². The van der Waals surface area contributed by atoms with E-state index in [1.807, 2.05) is 19.4 Å². The van der Waals surface area contributed by atoms with E-state index < -0.39 is 11.4 Å². The number of rotatable bonds is 4. The highest BCUT2D eigenvalue weighted by Gasteiger charge is 2.39. The van der Waals surface area contributed by atoms with Gasteiger partial charge in [-0.2, -0.15) is 0 Å². The molecule has 1 aromatic heterocycles. The summed E-state index contributed by atoms with van der Waals surface area (Å²) in [6.07, 6.45) is 2.25. The Morgan fingerprint density at radius 1 is 1.56 bits per heavy atom. The van der Waals surface area contributed by atoms with Crippen molar-refractivity contribution in [3.05, 3.63) is 16.1 Å². The molecule has 0 spiro atoms. The number of aliphatic carboxylic acids is 1. The zero-order valence-corrected chi connectivity index (χ0v) is 11.8. The number of likely N-dealkylation sites (tertiary alicyclic amines) is 1. The van der Waals surface area contributed by atoms with Crippen LogP contribution >= 0.6 is 11.3 Å². The zero-order valence-electron chi connectivity index (χ0n) is 11.0. The van der Waals surface area contributed by atoms with Gasteiger partial charge in [0, 0.05) is 11.4 Å². The molecular weight excluding hydrogens is 248 g/mol. The van der Waals surface area contributed by atoms with E-state index >= 15 is 0 Å². The largest absolute Gasteiger partial charge is 0.481 e. The Labute approximate surface area is 112 Å². The maximum absolute atomic E-state index is 11.4. The lowest BCUT2D eigenvalue weighted by Gasteiger charge is -2.38. The van der Waals surface area contributed by atoms with Crippen LogP contribution in [0.2, 0.25) is 0 Å². The number of carboxylic acid groups (broad SMARTS) is 1. The van der Waals surface area contributed by atoms with Crippen LogP contribution in [0.1, 0.15) is 36.8 Å². The van der Waals surface area contributed by atoms with E-state index in [0.717, 1.165) is 44.6 Å². The van der Waals surface area contributed by atoms with Gasteiger partial charge in [0.05, 0.1) is 16.6 Å². The van der Waals surface area contributed by atoms with Crippen LogP contribution in [0.15, 0.2) is 5.51 Å². The van der Waals surface area contributed by atoms with Crippen molar-refractivity contribution in [3.8, 4) is 0 Å². The van der Waals surface area contributed by atoms with Gasteiger partial charge in [0.25, 0.3) is 0 Å². The molecule has 0 unspecified atom stereocenters. The number of carbonyl (C=O) groups is 1. The Bertz CT molecular complexity index is 422. The molecule has 1 fully saturated rings. The topological polar surface area (TPSA) is 53.4 Å². The van der Waals surface area contributed by atoms with E-state index in [1.165, 1.54) is 4.88 Å². The van der Waals surface area contributed by atoms with Crippen molar-refractivity contribution in [1.29, 1.82) is 0 Å². The maximum Gasteiger partial charge on any atom is 0.309 e. The zero-order chi connectivity index (χ0) is 13.2. The molecule has 0 amide bonds. The quantitative estimate of drug-likeness (QED) is 0.911. The summed E-state index contributed by atoms with van der Waals surface area (Å²) in [6, 6.07) is 0. The predicted molar refractivity (Wildman–Crippen MR) is 71.7 cm³/mol. The summed E-state index contributed by atoms with van der Waals surface area (Å²) in [5.74, 6) is -0.626. The highest BCUT2D eigenvalue weighted by molar-refractivity contribution is 7.09. The minimum Gasteiger partial charge on any atom is -0.481 e. The summed E-state index contributed by atoms with van der Waals surface area (Å²) >= 11 is 1.69. The first-order chi connectivity index (χ1) is 8.57. The van der Waals surface area contributed by atoms with Crippen LogP contribution in [0, 0.1) is 12.3 Å². The molecule has 2 heterocycles. The third kappa shape index (κ3) is 2.57. The Morgan fingerprint density at radius 3 is 2.67 bits per heavy atom. The fourth-order valence-corrected chi connectivity index (χ4v) is 3.36. The number of hydrogen-bond acceptors (Lipinski definition) is 4. The van der Waals surface area contributed by atoms with E-state index in [4.69, 9.17) is 0 Å². The predicted octanol–water partition coefficient (Wildman–Crippen LogP) is 2.53. The van der Waals surface area contributed by atoms with Gasteiger partial charge in [-0.15, -0.1) is 11.3 Å². The Kier molecular flexibility index (Phi) is 4.02. The molecule has 1 aromatic rings. The number of thiazole rings is 1. The third-order valence-electron chi connectivity index (χ3n) is 4.16. The first-order valence-electron chi connectivity index (χ1n) is 6.42. The van der Waals surface area contributed by atoms with Crippen molar-refractivity contribution in [2.45, 2.75) is 39.7 Å². The van der Waals surface area contributed by atoms with Gasteiger partial charge >= 0.3 is 5.97 Å². The molecule has 5 heteroatoms. The molecule has 1 aliphatic rings. The monoisotopic (exact) mass is 268 g/mol. The number of carboxylic acids is 1. The van der Waals surface area contributed by atoms with Crippen LogP contribution in [-0.2, 0) is 11.3 Å². The second-order valence-electron chi connectivity index (χ2n) is 5.08. The van der Waals surface area contributed by atoms with Gasteiger partial charge in [-0.1, -0.05) is 6.92 Å². The molecule has 2 rings (SSSR count). The van der Waals surface area contributed by atoms with E-state index in [1.54, 1.807) is 11.3 Å². The van der Waals surface area contributed by atoms with Crippen LogP contribution in [0.4, 0.5) is 0 Å². The van der Waals surface area contributed by atoms with Crippen molar-refractivity contribution in [1.82, 2.24) is 9.88 Å². The number of nitrogens with zero attached hydrogens (tertiary/aromatic N) is 2. The van der Waals surface area contributed by atoms with Crippen LogP contribution in [0.25, 0.3) is 0 Å². The summed E-state index contributed by atoms with van der Waals surface area (Å²) in [4.78, 5) is 19.3. The molecule has 0 aromatic carbocycles. The van der Waals surface area contributed by atoms with Gasteiger partial charge in [-0.25, -0.2) is 4.98 Å².